The number of anilines is 1. The number of carboxylic acid groups (broad SMARTS) is 1. The number of nitrogens with two attached hydrogens (primary N) is 1. The van der Waals surface area contributed by atoms with Crippen LogP contribution in [0.1, 0.15) is 5.56 Å². The lowest BCUT2D eigenvalue weighted by Gasteiger charge is -2.33. The van der Waals surface area contributed by atoms with Crippen molar-refractivity contribution in [2.45, 2.75) is 12.5 Å². The van der Waals surface area contributed by atoms with E-state index in [4.69, 9.17) is 10.8 Å². The number of carboxylic acids is 1. The first kappa shape index (κ1) is 9.98. The summed E-state index contributed by atoms with van der Waals surface area (Å²) >= 11 is 0. The van der Waals surface area contributed by atoms with Crippen LogP contribution in [-0.2, 0) is 11.2 Å². The molecule has 1 aromatic carbocycles. The van der Waals surface area contributed by atoms with Crippen LogP contribution in [0.25, 0.3) is 0 Å². The molecule has 0 bridgehead atoms. The Morgan fingerprint density at radius 3 is 3.00 bits per heavy atom. The number of hydrogen-bond acceptors (Lipinski definition) is 3. The molecule has 80 valence electrons. The molecule has 4 heteroatoms. The normalized spacial score (nSPS) is 19.8. The molecule has 1 aliphatic rings. The summed E-state index contributed by atoms with van der Waals surface area (Å²) in [6.45, 7) is 0.633. The van der Waals surface area contributed by atoms with E-state index in [1.807, 2.05) is 29.2 Å². The van der Waals surface area contributed by atoms with Crippen molar-refractivity contribution in [3.05, 3.63) is 29.8 Å². The Bertz CT molecular complexity index is 379. The average Bonchev–Trinajstić information content (AvgIpc) is 2.16. The number of nitrogens with zero attached hydrogens (tertiary/aromatic N) is 1. The molecule has 0 fully saturated rings. The lowest BCUT2D eigenvalue weighted by Crippen LogP contribution is -2.45. The maximum Gasteiger partial charge on any atom is 0.323 e. The molecule has 0 aliphatic carbocycles. The fraction of sp³-hybridized carbons (Fsp3) is 0.364. The Morgan fingerprint density at radius 1 is 1.53 bits per heavy atom. The van der Waals surface area contributed by atoms with E-state index in [2.05, 4.69) is 0 Å². The molecule has 0 saturated heterocycles. The third kappa shape index (κ3) is 2.10. The van der Waals surface area contributed by atoms with Crippen LogP contribution in [0.3, 0.4) is 0 Å². The summed E-state index contributed by atoms with van der Waals surface area (Å²) < 4.78 is 0. The summed E-state index contributed by atoms with van der Waals surface area (Å²) in [5, 5.41) is 8.80. The second kappa shape index (κ2) is 3.90. The smallest absolute Gasteiger partial charge is 0.323 e. The largest absolute Gasteiger partial charge is 0.480 e. The molecule has 1 aromatic rings. The van der Waals surface area contributed by atoms with Crippen molar-refractivity contribution < 1.29 is 9.90 Å². The fourth-order valence-electron chi connectivity index (χ4n) is 2.03. The summed E-state index contributed by atoms with van der Waals surface area (Å²) in [4.78, 5) is 12.5. The molecule has 1 heterocycles. The zero-order chi connectivity index (χ0) is 10.8. The number of rotatable bonds is 2. The third-order valence-electron chi connectivity index (χ3n) is 2.60. The lowest BCUT2D eigenvalue weighted by atomic mass is 9.98. The Kier molecular flexibility index (Phi) is 2.60. The SMILES string of the molecule is NC1Cc2ccccc2N(CC(=O)O)C1. The molecule has 0 amide bonds. The highest BCUT2D eigenvalue weighted by molar-refractivity contribution is 5.75. The summed E-state index contributed by atoms with van der Waals surface area (Å²) in [5.74, 6) is -0.820. The minimum atomic E-state index is -0.820. The number of benzene rings is 1. The molecule has 4 nitrogen and oxygen atoms in total. The van der Waals surface area contributed by atoms with Crippen molar-refractivity contribution in [3.8, 4) is 0 Å². The number of hydrogen-bond donors (Lipinski definition) is 2. The molecule has 2 rings (SSSR count). The quantitative estimate of drug-likeness (QED) is 0.737. The topological polar surface area (TPSA) is 66.6 Å². The molecule has 1 atom stereocenters. The first-order valence-electron chi connectivity index (χ1n) is 4.97. The minimum absolute atomic E-state index is 0.0186. The van der Waals surface area contributed by atoms with E-state index < -0.39 is 5.97 Å². The van der Waals surface area contributed by atoms with Gasteiger partial charge in [-0.05, 0) is 18.1 Å². The zero-order valence-corrected chi connectivity index (χ0v) is 8.39. The molecule has 0 saturated carbocycles. The second-order valence-electron chi connectivity index (χ2n) is 3.87. The van der Waals surface area contributed by atoms with Gasteiger partial charge in [0, 0.05) is 18.3 Å². The lowest BCUT2D eigenvalue weighted by molar-refractivity contribution is -0.135. The number of aliphatic carboxylic acids is 1. The van der Waals surface area contributed by atoms with E-state index in [0.717, 1.165) is 17.7 Å². The van der Waals surface area contributed by atoms with Crippen LogP contribution in [0.2, 0.25) is 0 Å². The van der Waals surface area contributed by atoms with Crippen LogP contribution in [0.5, 0.6) is 0 Å². The van der Waals surface area contributed by atoms with E-state index in [0.29, 0.717) is 6.54 Å². The summed E-state index contributed by atoms with van der Waals surface area (Å²) in [6.07, 6.45) is 0.826. The minimum Gasteiger partial charge on any atom is -0.480 e. The highest BCUT2D eigenvalue weighted by atomic mass is 16.4. The van der Waals surface area contributed by atoms with Gasteiger partial charge in [-0.2, -0.15) is 0 Å². The molecule has 1 aliphatic heterocycles. The number of carbonyl (C=O) groups is 1. The van der Waals surface area contributed by atoms with Gasteiger partial charge in [-0.15, -0.1) is 0 Å². The molecule has 3 N–H and O–H groups in total. The Morgan fingerprint density at radius 2 is 2.27 bits per heavy atom. The van der Waals surface area contributed by atoms with Gasteiger partial charge in [0.15, 0.2) is 0 Å². The summed E-state index contributed by atoms with van der Waals surface area (Å²) in [6, 6.07) is 7.85. The molecule has 1 unspecified atom stereocenters. The van der Waals surface area contributed by atoms with E-state index in [9.17, 15) is 4.79 Å². The van der Waals surface area contributed by atoms with Gasteiger partial charge in [0.25, 0.3) is 0 Å². The molecular weight excluding hydrogens is 192 g/mol. The van der Waals surface area contributed by atoms with Crippen LogP contribution < -0.4 is 10.6 Å². The van der Waals surface area contributed by atoms with Crippen LogP contribution in [0.15, 0.2) is 24.3 Å². The Labute approximate surface area is 88.3 Å². The van der Waals surface area contributed by atoms with Gasteiger partial charge >= 0.3 is 5.97 Å². The van der Waals surface area contributed by atoms with Crippen molar-refractivity contribution in [1.82, 2.24) is 0 Å². The van der Waals surface area contributed by atoms with E-state index in [1.54, 1.807) is 0 Å². The molecular formula is C11H14N2O2. The van der Waals surface area contributed by atoms with Gasteiger partial charge in [0.1, 0.15) is 6.54 Å². The average molecular weight is 206 g/mol. The van der Waals surface area contributed by atoms with E-state index >= 15 is 0 Å². The van der Waals surface area contributed by atoms with E-state index in [1.165, 1.54) is 0 Å². The highest BCUT2D eigenvalue weighted by Gasteiger charge is 2.22. The van der Waals surface area contributed by atoms with Crippen molar-refractivity contribution in [2.24, 2.45) is 5.73 Å². The predicted octanol–water partition coefficient (Wildman–Crippen LogP) is 0.461. The van der Waals surface area contributed by atoms with E-state index in [-0.39, 0.29) is 12.6 Å². The molecule has 15 heavy (non-hydrogen) atoms. The summed E-state index contributed by atoms with van der Waals surface area (Å²) in [7, 11) is 0. The fourth-order valence-corrected chi connectivity index (χ4v) is 2.03. The second-order valence-corrected chi connectivity index (χ2v) is 3.87. The third-order valence-corrected chi connectivity index (χ3v) is 2.60. The van der Waals surface area contributed by atoms with Crippen LogP contribution >= 0.6 is 0 Å². The standard InChI is InChI=1S/C11H14N2O2/c12-9-5-8-3-1-2-4-10(8)13(6-9)7-11(14)15/h1-4,9H,5-7,12H2,(H,14,15). The van der Waals surface area contributed by atoms with Crippen LogP contribution in [-0.4, -0.2) is 30.2 Å². The molecule has 0 radical (unpaired) electrons. The molecule has 0 spiro atoms. The first-order chi connectivity index (χ1) is 7.16. The molecule has 0 aromatic heterocycles. The maximum atomic E-state index is 10.7. The van der Waals surface area contributed by atoms with Crippen molar-refractivity contribution in [1.29, 1.82) is 0 Å². The van der Waals surface area contributed by atoms with Crippen LogP contribution in [0.4, 0.5) is 5.69 Å². The van der Waals surface area contributed by atoms with Gasteiger partial charge in [-0.25, -0.2) is 0 Å². The number of para-hydroxylation sites is 1. The first-order valence-corrected chi connectivity index (χ1v) is 4.97. The number of fused-ring (bicyclic) bond motifs is 1. The monoisotopic (exact) mass is 206 g/mol. The Balaban J connectivity index is 2.29. The predicted molar refractivity (Wildman–Crippen MR) is 58.0 cm³/mol. The van der Waals surface area contributed by atoms with Crippen molar-refractivity contribution >= 4 is 11.7 Å². The highest BCUT2D eigenvalue weighted by Crippen LogP contribution is 2.25. The summed E-state index contributed by atoms with van der Waals surface area (Å²) in [5.41, 5.74) is 8.02. The van der Waals surface area contributed by atoms with Crippen molar-refractivity contribution in [3.63, 3.8) is 0 Å². The van der Waals surface area contributed by atoms with Gasteiger partial charge in [0.2, 0.25) is 0 Å². The van der Waals surface area contributed by atoms with Crippen LogP contribution in [0, 0.1) is 0 Å². The maximum absolute atomic E-state index is 10.7. The Hall–Kier alpha value is -1.55. The van der Waals surface area contributed by atoms with Gasteiger partial charge < -0.3 is 15.7 Å². The van der Waals surface area contributed by atoms with Crippen molar-refractivity contribution in [2.75, 3.05) is 18.0 Å². The van der Waals surface area contributed by atoms with Gasteiger partial charge in [-0.3, -0.25) is 4.79 Å². The van der Waals surface area contributed by atoms with Gasteiger partial charge in [-0.1, -0.05) is 18.2 Å². The van der Waals surface area contributed by atoms with Gasteiger partial charge in [0.05, 0.1) is 0 Å². The zero-order valence-electron chi connectivity index (χ0n) is 8.39.